The number of aromatic nitrogens is 2. The molecule has 1 aromatic heterocycles. The first-order valence-corrected chi connectivity index (χ1v) is 6.25. The number of hydrogen-bond acceptors (Lipinski definition) is 6. The molecular weight excluding hydrogens is 246 g/mol. The van der Waals surface area contributed by atoms with Crippen molar-refractivity contribution in [2.24, 2.45) is 0 Å². The Morgan fingerprint density at radius 3 is 3.05 bits per heavy atom. The van der Waals surface area contributed by atoms with E-state index < -0.39 is 0 Å². The summed E-state index contributed by atoms with van der Waals surface area (Å²) in [5, 5.41) is 13.9. The van der Waals surface area contributed by atoms with Crippen molar-refractivity contribution in [3.63, 3.8) is 0 Å². The van der Waals surface area contributed by atoms with Crippen LogP contribution in [-0.4, -0.2) is 28.5 Å². The third kappa shape index (κ3) is 2.26. The van der Waals surface area contributed by atoms with Crippen LogP contribution in [0.15, 0.2) is 22.7 Å². The smallest absolute Gasteiger partial charge is 0.261 e. The summed E-state index contributed by atoms with van der Waals surface area (Å²) in [5.41, 5.74) is 6.39. The predicted molar refractivity (Wildman–Crippen MR) is 68.6 cm³/mol. The predicted octanol–water partition coefficient (Wildman–Crippen LogP) is 1.92. The average molecular weight is 261 g/mol. The van der Waals surface area contributed by atoms with Gasteiger partial charge < -0.3 is 20.1 Å². The van der Waals surface area contributed by atoms with Gasteiger partial charge in [-0.3, -0.25) is 0 Å². The summed E-state index contributed by atoms with van der Waals surface area (Å²) < 4.78 is 10.6. The summed E-state index contributed by atoms with van der Waals surface area (Å²) in [7, 11) is 0. The Morgan fingerprint density at radius 1 is 1.37 bits per heavy atom. The van der Waals surface area contributed by atoms with E-state index in [0.717, 1.165) is 19.4 Å². The Balaban J connectivity index is 1.90. The molecule has 3 N–H and O–H groups in total. The highest BCUT2D eigenvalue weighted by Gasteiger charge is 2.23. The summed E-state index contributed by atoms with van der Waals surface area (Å²) >= 11 is 0. The van der Waals surface area contributed by atoms with Gasteiger partial charge >= 0.3 is 0 Å². The molecule has 1 atom stereocenters. The van der Waals surface area contributed by atoms with Crippen molar-refractivity contribution < 1.29 is 14.4 Å². The highest BCUT2D eigenvalue weighted by atomic mass is 16.5. The van der Waals surface area contributed by atoms with Gasteiger partial charge in [-0.2, -0.15) is 4.98 Å². The van der Waals surface area contributed by atoms with Crippen LogP contribution in [0.3, 0.4) is 0 Å². The Labute approximate surface area is 110 Å². The second-order valence-corrected chi connectivity index (χ2v) is 4.62. The van der Waals surface area contributed by atoms with Gasteiger partial charge in [-0.05, 0) is 25.0 Å². The Kier molecular flexibility index (Phi) is 3.08. The molecule has 1 fully saturated rings. The van der Waals surface area contributed by atoms with Crippen LogP contribution >= 0.6 is 0 Å². The fourth-order valence-corrected chi connectivity index (χ4v) is 2.19. The number of phenolic OH excluding ortho intramolecular Hbond substituents is 1. The number of nitrogen functional groups attached to an aromatic ring is 1. The molecule has 100 valence electrons. The van der Waals surface area contributed by atoms with Gasteiger partial charge in [0.1, 0.15) is 0 Å². The fourth-order valence-electron chi connectivity index (χ4n) is 2.19. The first kappa shape index (κ1) is 12.0. The van der Waals surface area contributed by atoms with E-state index in [0.29, 0.717) is 23.7 Å². The topological polar surface area (TPSA) is 94.4 Å². The van der Waals surface area contributed by atoms with Crippen molar-refractivity contribution in [2.45, 2.75) is 18.8 Å². The van der Waals surface area contributed by atoms with Crippen molar-refractivity contribution in [1.82, 2.24) is 10.1 Å². The summed E-state index contributed by atoms with van der Waals surface area (Å²) in [6.07, 6.45) is 1.99. The van der Waals surface area contributed by atoms with Gasteiger partial charge in [0.2, 0.25) is 0 Å². The maximum absolute atomic E-state index is 9.89. The molecule has 0 saturated carbocycles. The second kappa shape index (κ2) is 4.89. The molecule has 19 heavy (non-hydrogen) atoms. The van der Waals surface area contributed by atoms with Gasteiger partial charge in [0.25, 0.3) is 5.89 Å². The van der Waals surface area contributed by atoms with E-state index in [-0.39, 0.29) is 17.6 Å². The molecule has 1 aliphatic heterocycles. The number of hydrogen-bond donors (Lipinski definition) is 2. The SMILES string of the molecule is Nc1cccc(-c2nc(C3CCCOC3)no2)c1O. The largest absolute Gasteiger partial charge is 0.505 e. The van der Waals surface area contributed by atoms with E-state index >= 15 is 0 Å². The lowest BCUT2D eigenvalue weighted by Gasteiger charge is -2.18. The first-order valence-electron chi connectivity index (χ1n) is 6.25. The monoisotopic (exact) mass is 261 g/mol. The number of rotatable bonds is 2. The number of ether oxygens (including phenoxy) is 1. The Bertz CT molecular complexity index is 576. The highest BCUT2D eigenvalue weighted by molar-refractivity contribution is 5.71. The molecule has 0 aliphatic carbocycles. The third-order valence-electron chi connectivity index (χ3n) is 3.26. The minimum absolute atomic E-state index is 0.0300. The van der Waals surface area contributed by atoms with Crippen LogP contribution in [0.2, 0.25) is 0 Å². The number of aromatic hydroxyl groups is 1. The Morgan fingerprint density at radius 2 is 2.26 bits per heavy atom. The van der Waals surface area contributed by atoms with E-state index in [1.165, 1.54) is 0 Å². The molecular formula is C13H15N3O3. The highest BCUT2D eigenvalue weighted by Crippen LogP contribution is 2.33. The van der Waals surface area contributed by atoms with Crippen molar-refractivity contribution >= 4 is 5.69 Å². The number of para-hydroxylation sites is 1. The van der Waals surface area contributed by atoms with Crippen LogP contribution in [0.1, 0.15) is 24.6 Å². The van der Waals surface area contributed by atoms with Gasteiger partial charge in [-0.25, -0.2) is 0 Å². The van der Waals surface area contributed by atoms with Gasteiger partial charge in [0.05, 0.1) is 17.9 Å². The van der Waals surface area contributed by atoms with Crippen LogP contribution in [0.4, 0.5) is 5.69 Å². The van der Waals surface area contributed by atoms with Crippen LogP contribution in [0.25, 0.3) is 11.5 Å². The van der Waals surface area contributed by atoms with Gasteiger partial charge in [0.15, 0.2) is 11.6 Å². The quantitative estimate of drug-likeness (QED) is 0.633. The molecule has 1 unspecified atom stereocenters. The number of phenols is 1. The summed E-state index contributed by atoms with van der Waals surface area (Å²) in [4.78, 5) is 4.33. The zero-order valence-corrected chi connectivity index (χ0v) is 10.4. The van der Waals surface area contributed by atoms with Crippen LogP contribution < -0.4 is 5.73 Å². The molecule has 1 aliphatic rings. The molecule has 0 radical (unpaired) electrons. The molecule has 0 bridgehead atoms. The maximum atomic E-state index is 9.89. The third-order valence-corrected chi connectivity index (χ3v) is 3.26. The number of nitrogens with two attached hydrogens (primary N) is 1. The minimum Gasteiger partial charge on any atom is -0.505 e. The molecule has 0 amide bonds. The zero-order chi connectivity index (χ0) is 13.2. The number of anilines is 1. The standard InChI is InChI=1S/C13H15N3O3/c14-10-5-1-4-9(11(10)17)13-15-12(16-19-13)8-3-2-6-18-7-8/h1,4-5,8,17H,2-3,6-7,14H2. The minimum atomic E-state index is -0.0300. The lowest BCUT2D eigenvalue weighted by Crippen LogP contribution is -2.16. The van der Waals surface area contributed by atoms with Crippen LogP contribution in [0, 0.1) is 0 Å². The fraction of sp³-hybridized carbons (Fsp3) is 0.385. The second-order valence-electron chi connectivity index (χ2n) is 4.62. The molecule has 2 aromatic rings. The summed E-state index contributed by atoms with van der Waals surface area (Å²) in [6, 6.07) is 5.05. The molecule has 6 nitrogen and oxygen atoms in total. The van der Waals surface area contributed by atoms with Crippen molar-refractivity contribution in [3.8, 4) is 17.2 Å². The van der Waals surface area contributed by atoms with E-state index in [9.17, 15) is 5.11 Å². The molecule has 0 spiro atoms. The number of nitrogens with zero attached hydrogens (tertiary/aromatic N) is 2. The Hall–Kier alpha value is -2.08. The van der Waals surface area contributed by atoms with Crippen molar-refractivity contribution in [1.29, 1.82) is 0 Å². The summed E-state index contributed by atoms with van der Waals surface area (Å²) in [6.45, 7) is 1.40. The van der Waals surface area contributed by atoms with E-state index in [1.807, 2.05) is 0 Å². The van der Waals surface area contributed by atoms with Gasteiger partial charge in [0, 0.05) is 12.5 Å². The van der Waals surface area contributed by atoms with E-state index in [2.05, 4.69) is 10.1 Å². The van der Waals surface area contributed by atoms with Crippen LogP contribution in [-0.2, 0) is 4.74 Å². The van der Waals surface area contributed by atoms with Crippen molar-refractivity contribution in [2.75, 3.05) is 18.9 Å². The molecule has 6 heteroatoms. The molecule has 1 aromatic carbocycles. The normalized spacial score (nSPS) is 19.5. The zero-order valence-electron chi connectivity index (χ0n) is 10.4. The lowest BCUT2D eigenvalue weighted by molar-refractivity contribution is 0.0773. The first-order chi connectivity index (χ1) is 9.25. The lowest BCUT2D eigenvalue weighted by atomic mass is 10.0. The summed E-state index contributed by atoms with van der Waals surface area (Å²) in [5.74, 6) is 1.04. The molecule has 2 heterocycles. The van der Waals surface area contributed by atoms with E-state index in [1.54, 1.807) is 18.2 Å². The van der Waals surface area contributed by atoms with Crippen molar-refractivity contribution in [3.05, 3.63) is 24.0 Å². The van der Waals surface area contributed by atoms with Gasteiger partial charge in [-0.1, -0.05) is 11.2 Å². The molecule has 1 saturated heterocycles. The maximum Gasteiger partial charge on any atom is 0.261 e. The van der Waals surface area contributed by atoms with Gasteiger partial charge in [-0.15, -0.1) is 0 Å². The van der Waals surface area contributed by atoms with Crippen LogP contribution in [0.5, 0.6) is 5.75 Å². The molecule has 3 rings (SSSR count). The number of benzene rings is 1. The van der Waals surface area contributed by atoms with E-state index in [4.69, 9.17) is 15.0 Å². The average Bonchev–Trinajstić information content (AvgIpc) is 2.92.